The summed E-state index contributed by atoms with van der Waals surface area (Å²) in [5, 5.41) is 0. The fourth-order valence-corrected chi connectivity index (χ4v) is 4.08. The smallest absolute Gasteiger partial charge is 0.226 e. The van der Waals surface area contributed by atoms with Gasteiger partial charge in [0.05, 0.1) is 11.6 Å². The predicted octanol–water partition coefficient (Wildman–Crippen LogP) is 2.70. The first-order valence-electron chi connectivity index (χ1n) is 8.51. The van der Waals surface area contributed by atoms with Crippen LogP contribution >= 0.6 is 11.3 Å². The molecule has 2 fully saturated rings. The Bertz CT molecular complexity index is 548. The number of rotatable bonds is 4. The molecule has 1 aromatic heterocycles. The largest absolute Gasteiger partial charge is 0.342 e. The van der Waals surface area contributed by atoms with Crippen LogP contribution in [0.25, 0.3) is 0 Å². The third-order valence-corrected chi connectivity index (χ3v) is 6.35. The highest BCUT2D eigenvalue weighted by Gasteiger charge is 2.34. The lowest BCUT2D eigenvalue weighted by Gasteiger charge is -2.37. The second-order valence-corrected chi connectivity index (χ2v) is 7.67. The highest BCUT2D eigenvalue weighted by atomic mass is 32.1. The molecule has 3 rings (SSSR count). The van der Waals surface area contributed by atoms with Crippen LogP contribution in [0, 0.1) is 11.8 Å². The van der Waals surface area contributed by atoms with Crippen molar-refractivity contribution in [3.05, 3.63) is 16.6 Å². The van der Waals surface area contributed by atoms with Crippen molar-refractivity contribution in [2.24, 2.45) is 11.8 Å². The molecule has 2 aliphatic rings. The van der Waals surface area contributed by atoms with Crippen molar-refractivity contribution in [2.45, 2.75) is 45.1 Å². The third-order valence-electron chi connectivity index (χ3n) is 5.40. The van der Waals surface area contributed by atoms with E-state index < -0.39 is 0 Å². The molecule has 0 bridgehead atoms. The van der Waals surface area contributed by atoms with Crippen molar-refractivity contribution in [1.82, 2.24) is 14.8 Å². The first kappa shape index (κ1) is 16.4. The maximum Gasteiger partial charge on any atom is 0.226 e. The van der Waals surface area contributed by atoms with E-state index in [0.29, 0.717) is 5.91 Å². The minimum Gasteiger partial charge on any atom is -0.342 e. The van der Waals surface area contributed by atoms with Gasteiger partial charge in [-0.05, 0) is 32.6 Å². The van der Waals surface area contributed by atoms with E-state index >= 15 is 0 Å². The molecule has 1 aliphatic carbocycles. The van der Waals surface area contributed by atoms with Crippen molar-refractivity contribution in [3.8, 4) is 0 Å². The summed E-state index contributed by atoms with van der Waals surface area (Å²) in [5.74, 6) is 0.812. The zero-order chi connectivity index (χ0) is 16.4. The highest BCUT2D eigenvalue weighted by molar-refractivity contribution is 7.09. The van der Waals surface area contributed by atoms with Crippen LogP contribution in [0.15, 0.2) is 11.7 Å². The Labute approximate surface area is 141 Å². The maximum absolute atomic E-state index is 12.7. The molecule has 0 spiro atoms. The number of thiazole rings is 1. The Kier molecular flexibility index (Phi) is 4.99. The quantitative estimate of drug-likeness (QED) is 0.850. The molecule has 0 aromatic carbocycles. The first-order chi connectivity index (χ1) is 11.1. The van der Waals surface area contributed by atoms with Crippen LogP contribution in [-0.2, 0) is 9.59 Å². The lowest BCUT2D eigenvalue weighted by Crippen LogP contribution is -2.46. The van der Waals surface area contributed by atoms with Gasteiger partial charge >= 0.3 is 0 Å². The number of hydrogen-bond acceptors (Lipinski definition) is 4. The average Bonchev–Trinajstić information content (AvgIpc) is 3.05. The van der Waals surface area contributed by atoms with Gasteiger partial charge in [-0.15, -0.1) is 11.3 Å². The Hall–Kier alpha value is -1.43. The van der Waals surface area contributed by atoms with E-state index in [2.05, 4.69) is 4.98 Å². The molecule has 23 heavy (non-hydrogen) atoms. The summed E-state index contributed by atoms with van der Waals surface area (Å²) in [4.78, 5) is 34.0. The molecule has 1 aromatic rings. The SMILES string of the molecule is C[C@H](c1cncs1)N(C)C(=O)C1CCN(C(=O)C2CCC2)CC1. The molecule has 2 amide bonds. The number of amides is 2. The number of nitrogens with zero attached hydrogens (tertiary/aromatic N) is 3. The van der Waals surface area contributed by atoms with Crippen molar-refractivity contribution >= 4 is 23.2 Å². The van der Waals surface area contributed by atoms with Crippen molar-refractivity contribution in [3.63, 3.8) is 0 Å². The van der Waals surface area contributed by atoms with E-state index in [0.717, 1.165) is 43.6 Å². The van der Waals surface area contributed by atoms with Crippen molar-refractivity contribution in [1.29, 1.82) is 0 Å². The molecule has 0 N–H and O–H groups in total. The summed E-state index contributed by atoms with van der Waals surface area (Å²) in [6.45, 7) is 3.50. The lowest BCUT2D eigenvalue weighted by atomic mass is 9.83. The average molecular weight is 335 g/mol. The molecule has 0 unspecified atom stereocenters. The van der Waals surface area contributed by atoms with Gasteiger partial charge in [-0.3, -0.25) is 14.6 Å². The van der Waals surface area contributed by atoms with E-state index in [1.165, 1.54) is 6.42 Å². The third kappa shape index (κ3) is 3.42. The fraction of sp³-hybridized carbons (Fsp3) is 0.706. The summed E-state index contributed by atoms with van der Waals surface area (Å²) in [5.41, 5.74) is 1.80. The van der Waals surface area contributed by atoms with Gasteiger partial charge in [0.25, 0.3) is 0 Å². The van der Waals surface area contributed by atoms with Crippen LogP contribution < -0.4 is 0 Å². The Morgan fingerprint density at radius 2 is 1.96 bits per heavy atom. The number of carbonyl (C=O) groups is 2. The van der Waals surface area contributed by atoms with Crippen molar-refractivity contribution in [2.75, 3.05) is 20.1 Å². The molecule has 0 radical (unpaired) electrons. The number of carbonyl (C=O) groups excluding carboxylic acids is 2. The molecule has 1 atom stereocenters. The molecule has 1 saturated carbocycles. The maximum atomic E-state index is 12.7. The summed E-state index contributed by atoms with van der Waals surface area (Å²) in [7, 11) is 1.87. The summed E-state index contributed by atoms with van der Waals surface area (Å²) < 4.78 is 0. The predicted molar refractivity (Wildman–Crippen MR) is 89.9 cm³/mol. The number of hydrogen-bond donors (Lipinski definition) is 0. The van der Waals surface area contributed by atoms with Crippen LogP contribution in [-0.4, -0.2) is 46.7 Å². The molecule has 126 valence electrons. The van der Waals surface area contributed by atoms with Crippen LogP contribution in [0.1, 0.15) is 49.9 Å². The second kappa shape index (κ2) is 6.99. The number of piperidine rings is 1. The van der Waals surface area contributed by atoms with Gasteiger partial charge in [-0.25, -0.2) is 0 Å². The van der Waals surface area contributed by atoms with Gasteiger partial charge in [-0.2, -0.15) is 0 Å². The van der Waals surface area contributed by atoms with Gasteiger partial charge in [0.2, 0.25) is 11.8 Å². The van der Waals surface area contributed by atoms with Crippen LogP contribution in [0.2, 0.25) is 0 Å². The van der Waals surface area contributed by atoms with E-state index in [9.17, 15) is 9.59 Å². The molecular formula is C17H25N3O2S. The Balaban J connectivity index is 1.52. The molecular weight excluding hydrogens is 310 g/mol. The summed E-state index contributed by atoms with van der Waals surface area (Å²) in [6.07, 6.45) is 6.69. The molecule has 1 aliphatic heterocycles. The Morgan fingerprint density at radius 3 is 2.48 bits per heavy atom. The topological polar surface area (TPSA) is 53.5 Å². The van der Waals surface area contributed by atoms with Gasteiger partial charge in [0.15, 0.2) is 0 Å². The molecule has 6 heteroatoms. The second-order valence-electron chi connectivity index (χ2n) is 6.76. The monoisotopic (exact) mass is 335 g/mol. The van der Waals surface area contributed by atoms with Crippen molar-refractivity contribution < 1.29 is 9.59 Å². The van der Waals surface area contributed by atoms with E-state index in [4.69, 9.17) is 0 Å². The minimum atomic E-state index is 0.0424. The van der Waals surface area contributed by atoms with Crippen LogP contribution in [0.4, 0.5) is 0 Å². The van der Waals surface area contributed by atoms with Crippen LogP contribution in [0.5, 0.6) is 0 Å². The van der Waals surface area contributed by atoms with Gasteiger partial charge < -0.3 is 9.80 Å². The first-order valence-corrected chi connectivity index (χ1v) is 9.39. The molecule has 5 nitrogen and oxygen atoms in total. The fourth-order valence-electron chi connectivity index (χ4n) is 3.36. The van der Waals surface area contributed by atoms with Crippen LogP contribution in [0.3, 0.4) is 0 Å². The number of aromatic nitrogens is 1. The lowest BCUT2D eigenvalue weighted by molar-refractivity contribution is -0.144. The van der Waals surface area contributed by atoms with Gasteiger partial charge in [0, 0.05) is 43.0 Å². The highest BCUT2D eigenvalue weighted by Crippen LogP contribution is 2.31. The van der Waals surface area contributed by atoms with Gasteiger partial charge in [-0.1, -0.05) is 6.42 Å². The zero-order valence-corrected chi connectivity index (χ0v) is 14.7. The van der Waals surface area contributed by atoms with E-state index in [1.54, 1.807) is 16.8 Å². The minimum absolute atomic E-state index is 0.0424. The van der Waals surface area contributed by atoms with Gasteiger partial charge in [0.1, 0.15) is 0 Å². The summed E-state index contributed by atoms with van der Waals surface area (Å²) >= 11 is 1.58. The standard InChI is InChI=1S/C17H25N3O2S/c1-12(15-10-18-11-23-15)19(2)16(21)14-6-8-20(9-7-14)17(22)13-4-3-5-13/h10-14H,3-9H2,1-2H3/t12-/m1/s1. The molecule has 1 saturated heterocycles. The summed E-state index contributed by atoms with van der Waals surface area (Å²) in [6, 6.07) is 0.0598. The van der Waals surface area contributed by atoms with E-state index in [-0.39, 0.29) is 23.8 Å². The Morgan fingerprint density at radius 1 is 1.26 bits per heavy atom. The normalized spacial score (nSPS) is 20.9. The van der Waals surface area contributed by atoms with E-state index in [1.807, 2.05) is 30.0 Å². The molecule has 2 heterocycles. The zero-order valence-electron chi connectivity index (χ0n) is 13.9. The number of likely N-dealkylation sites (tertiary alicyclic amines) is 1.